The minimum absolute atomic E-state index is 0.267. The average molecular weight is 278 g/mol. The van der Waals surface area contributed by atoms with Crippen molar-refractivity contribution in [2.45, 2.75) is 40.7 Å². The first-order chi connectivity index (χ1) is 8.99. The van der Waals surface area contributed by atoms with Gasteiger partial charge in [0.2, 0.25) is 5.95 Å². The van der Waals surface area contributed by atoms with E-state index < -0.39 is 0 Å². The molecule has 4 nitrogen and oxygen atoms in total. The highest BCUT2D eigenvalue weighted by Crippen LogP contribution is 2.29. The number of hydrogen-bond donors (Lipinski definition) is 1. The quantitative estimate of drug-likeness (QED) is 0.908. The van der Waals surface area contributed by atoms with Gasteiger partial charge < -0.3 is 9.88 Å². The van der Waals surface area contributed by atoms with Crippen LogP contribution in [0.2, 0.25) is 0 Å². The Morgan fingerprint density at radius 3 is 2.63 bits per heavy atom. The zero-order chi connectivity index (χ0) is 14.0. The van der Waals surface area contributed by atoms with Gasteiger partial charge in [-0.1, -0.05) is 13.8 Å². The molecule has 1 atom stereocenters. The van der Waals surface area contributed by atoms with Gasteiger partial charge >= 0.3 is 0 Å². The van der Waals surface area contributed by atoms with Crippen molar-refractivity contribution in [1.29, 1.82) is 0 Å². The lowest BCUT2D eigenvalue weighted by atomic mass is 10.2. The maximum Gasteiger partial charge on any atom is 0.203 e. The molecule has 0 aliphatic rings. The second kappa shape index (κ2) is 5.74. The Hall–Kier alpha value is -1.36. The van der Waals surface area contributed by atoms with Gasteiger partial charge in [-0.15, -0.1) is 11.3 Å². The topological polar surface area (TPSA) is 42.7 Å². The first-order valence-electron chi connectivity index (χ1n) is 6.69. The Bertz CT molecular complexity index is 541. The number of rotatable bonds is 5. The minimum atomic E-state index is 0.267. The van der Waals surface area contributed by atoms with Gasteiger partial charge in [0.25, 0.3) is 0 Å². The fourth-order valence-corrected chi connectivity index (χ4v) is 3.10. The predicted molar refractivity (Wildman–Crippen MR) is 81.0 cm³/mol. The SMILES string of the molecule is Cc1nc(C)c(C(C)n2ccnc2NCC(C)C)s1. The molecular weight excluding hydrogens is 256 g/mol. The van der Waals surface area contributed by atoms with Gasteiger partial charge in [0.1, 0.15) is 0 Å². The van der Waals surface area contributed by atoms with E-state index in [1.165, 1.54) is 4.88 Å². The van der Waals surface area contributed by atoms with Crippen molar-refractivity contribution in [1.82, 2.24) is 14.5 Å². The summed E-state index contributed by atoms with van der Waals surface area (Å²) in [6.07, 6.45) is 3.88. The molecule has 0 saturated heterocycles. The molecule has 19 heavy (non-hydrogen) atoms. The number of thiazole rings is 1. The molecule has 104 valence electrons. The van der Waals surface area contributed by atoms with Crippen molar-refractivity contribution >= 4 is 17.3 Å². The van der Waals surface area contributed by atoms with Gasteiger partial charge in [-0.2, -0.15) is 0 Å². The number of aromatic nitrogens is 3. The van der Waals surface area contributed by atoms with Crippen LogP contribution in [0.25, 0.3) is 0 Å². The molecule has 0 saturated carbocycles. The average Bonchev–Trinajstić information content (AvgIpc) is 2.92. The maximum absolute atomic E-state index is 4.51. The van der Waals surface area contributed by atoms with Gasteiger partial charge in [-0.3, -0.25) is 0 Å². The van der Waals surface area contributed by atoms with E-state index in [9.17, 15) is 0 Å². The first kappa shape index (κ1) is 14.1. The van der Waals surface area contributed by atoms with Crippen LogP contribution in [0.15, 0.2) is 12.4 Å². The van der Waals surface area contributed by atoms with Crippen molar-refractivity contribution in [3.63, 3.8) is 0 Å². The normalized spacial score (nSPS) is 12.9. The molecule has 0 spiro atoms. The lowest BCUT2D eigenvalue weighted by Gasteiger charge is -2.17. The summed E-state index contributed by atoms with van der Waals surface area (Å²) < 4.78 is 2.18. The lowest BCUT2D eigenvalue weighted by molar-refractivity contribution is 0.633. The van der Waals surface area contributed by atoms with Crippen LogP contribution in [-0.4, -0.2) is 21.1 Å². The highest BCUT2D eigenvalue weighted by molar-refractivity contribution is 7.11. The molecule has 5 heteroatoms. The molecule has 2 heterocycles. The molecule has 2 aromatic heterocycles. The highest BCUT2D eigenvalue weighted by atomic mass is 32.1. The van der Waals surface area contributed by atoms with Crippen LogP contribution >= 0.6 is 11.3 Å². The molecule has 0 aliphatic heterocycles. The van der Waals surface area contributed by atoms with Gasteiger partial charge in [0.05, 0.1) is 21.6 Å². The summed E-state index contributed by atoms with van der Waals surface area (Å²) in [5.41, 5.74) is 1.12. The van der Waals surface area contributed by atoms with E-state index in [0.29, 0.717) is 5.92 Å². The van der Waals surface area contributed by atoms with Gasteiger partial charge in [0, 0.05) is 18.9 Å². The smallest absolute Gasteiger partial charge is 0.203 e. The molecule has 1 N–H and O–H groups in total. The van der Waals surface area contributed by atoms with Crippen molar-refractivity contribution in [3.05, 3.63) is 28.0 Å². The van der Waals surface area contributed by atoms with Crippen molar-refractivity contribution in [2.75, 3.05) is 11.9 Å². The van der Waals surface area contributed by atoms with E-state index in [1.54, 1.807) is 11.3 Å². The predicted octanol–water partition coefficient (Wildman–Crippen LogP) is 3.63. The molecule has 0 radical (unpaired) electrons. The molecule has 0 fully saturated rings. The Morgan fingerprint density at radius 1 is 1.32 bits per heavy atom. The summed E-state index contributed by atoms with van der Waals surface area (Å²) in [6, 6.07) is 0.267. The van der Waals surface area contributed by atoms with Crippen LogP contribution in [0, 0.1) is 19.8 Å². The monoisotopic (exact) mass is 278 g/mol. The number of aryl methyl sites for hydroxylation is 2. The van der Waals surface area contributed by atoms with Crippen molar-refractivity contribution < 1.29 is 0 Å². The number of hydrogen-bond acceptors (Lipinski definition) is 4. The van der Waals surface area contributed by atoms with E-state index in [2.05, 4.69) is 54.5 Å². The third-order valence-corrected chi connectivity index (χ3v) is 4.32. The molecule has 2 aromatic rings. The van der Waals surface area contributed by atoms with Gasteiger partial charge in [-0.05, 0) is 26.7 Å². The van der Waals surface area contributed by atoms with Crippen LogP contribution in [0.1, 0.15) is 42.4 Å². The highest BCUT2D eigenvalue weighted by Gasteiger charge is 2.17. The fourth-order valence-electron chi connectivity index (χ4n) is 2.12. The third kappa shape index (κ3) is 3.15. The third-order valence-electron chi connectivity index (χ3n) is 3.07. The second-order valence-electron chi connectivity index (χ2n) is 5.29. The molecule has 0 amide bonds. The van der Waals surface area contributed by atoms with Crippen LogP contribution in [0.4, 0.5) is 5.95 Å². The first-order valence-corrected chi connectivity index (χ1v) is 7.51. The van der Waals surface area contributed by atoms with Crippen LogP contribution in [0.3, 0.4) is 0 Å². The van der Waals surface area contributed by atoms with Crippen molar-refractivity contribution in [2.24, 2.45) is 5.92 Å². The molecule has 0 aromatic carbocycles. The number of anilines is 1. The molecular formula is C14H22N4S. The second-order valence-corrected chi connectivity index (χ2v) is 6.53. The number of imidazole rings is 1. The van der Waals surface area contributed by atoms with E-state index in [4.69, 9.17) is 0 Å². The summed E-state index contributed by atoms with van der Waals surface area (Å²) in [4.78, 5) is 10.2. The number of nitrogens with one attached hydrogen (secondary N) is 1. The fraction of sp³-hybridized carbons (Fsp3) is 0.571. The largest absolute Gasteiger partial charge is 0.355 e. The Labute approximate surface area is 118 Å². The summed E-state index contributed by atoms with van der Waals surface area (Å²) in [6.45, 7) is 11.7. The molecule has 0 bridgehead atoms. The maximum atomic E-state index is 4.51. The standard InChI is InChI=1S/C14H22N4S/c1-9(2)8-16-14-15-6-7-18(14)11(4)13-10(3)17-12(5)19-13/h6-7,9,11H,8H2,1-5H3,(H,15,16). The Kier molecular flexibility index (Phi) is 4.24. The van der Waals surface area contributed by atoms with E-state index in [1.807, 2.05) is 12.4 Å². The van der Waals surface area contributed by atoms with Crippen LogP contribution < -0.4 is 5.32 Å². The van der Waals surface area contributed by atoms with E-state index >= 15 is 0 Å². The minimum Gasteiger partial charge on any atom is -0.355 e. The van der Waals surface area contributed by atoms with E-state index in [0.717, 1.165) is 23.2 Å². The molecule has 0 aliphatic carbocycles. The zero-order valence-corrected chi connectivity index (χ0v) is 13.1. The summed E-state index contributed by atoms with van der Waals surface area (Å²) >= 11 is 1.77. The van der Waals surface area contributed by atoms with Crippen LogP contribution in [0.5, 0.6) is 0 Å². The summed E-state index contributed by atoms with van der Waals surface area (Å²) in [7, 11) is 0. The Morgan fingerprint density at radius 2 is 2.05 bits per heavy atom. The lowest BCUT2D eigenvalue weighted by Crippen LogP contribution is -2.15. The molecule has 1 unspecified atom stereocenters. The summed E-state index contributed by atoms with van der Waals surface area (Å²) in [5, 5.41) is 4.53. The Balaban J connectivity index is 2.22. The summed E-state index contributed by atoms with van der Waals surface area (Å²) in [5.74, 6) is 1.54. The zero-order valence-electron chi connectivity index (χ0n) is 12.3. The van der Waals surface area contributed by atoms with Gasteiger partial charge in [-0.25, -0.2) is 9.97 Å². The van der Waals surface area contributed by atoms with E-state index in [-0.39, 0.29) is 6.04 Å². The molecule has 2 rings (SSSR count). The van der Waals surface area contributed by atoms with Crippen molar-refractivity contribution in [3.8, 4) is 0 Å². The van der Waals surface area contributed by atoms with Gasteiger partial charge in [0.15, 0.2) is 0 Å². The number of nitrogens with zero attached hydrogens (tertiary/aromatic N) is 3. The van der Waals surface area contributed by atoms with Crippen LogP contribution in [-0.2, 0) is 0 Å².